The van der Waals surface area contributed by atoms with E-state index in [1.165, 1.54) is 6.07 Å². The molecule has 0 spiro atoms. The number of methoxy groups -OCH3 is 1. The zero-order valence-corrected chi connectivity index (χ0v) is 12.1. The molecule has 20 heavy (non-hydrogen) atoms. The first-order valence-corrected chi connectivity index (χ1v) is 7.11. The van der Waals surface area contributed by atoms with Crippen LogP contribution in [0.15, 0.2) is 18.3 Å². The number of halogens is 1. The molecule has 5 heteroatoms. The topological polar surface area (TPSA) is 45.6 Å². The number of likely N-dealkylation sites (tertiary alicyclic amines) is 1. The highest BCUT2D eigenvalue weighted by Crippen LogP contribution is 2.24. The molecular weight excluding hydrogens is 259 g/mol. The second-order valence-corrected chi connectivity index (χ2v) is 5.69. The quantitative estimate of drug-likeness (QED) is 0.865. The Bertz CT molecular complexity index is 413. The van der Waals surface area contributed by atoms with Gasteiger partial charge in [-0.25, -0.2) is 4.39 Å². The van der Waals surface area contributed by atoms with E-state index in [2.05, 4.69) is 9.88 Å². The monoisotopic (exact) mass is 282 g/mol. The van der Waals surface area contributed by atoms with Gasteiger partial charge in [0.1, 0.15) is 5.82 Å². The van der Waals surface area contributed by atoms with Crippen LogP contribution in [0.4, 0.5) is 4.39 Å². The number of nitrogens with zero attached hydrogens (tertiary/aromatic N) is 2. The molecule has 4 nitrogen and oxygen atoms in total. The Hall–Kier alpha value is -1.04. The van der Waals surface area contributed by atoms with Crippen molar-refractivity contribution in [3.63, 3.8) is 0 Å². The smallest absolute Gasteiger partial charge is 0.141 e. The highest BCUT2D eigenvalue weighted by molar-refractivity contribution is 5.09. The van der Waals surface area contributed by atoms with Gasteiger partial charge in [-0.05, 0) is 31.0 Å². The van der Waals surface area contributed by atoms with E-state index in [0.29, 0.717) is 11.6 Å². The van der Waals surface area contributed by atoms with Crippen molar-refractivity contribution < 1.29 is 14.2 Å². The molecular formula is C15H23FN2O2. The molecule has 1 aromatic heterocycles. The van der Waals surface area contributed by atoms with E-state index in [0.717, 1.165) is 38.9 Å². The van der Waals surface area contributed by atoms with Crippen LogP contribution in [0.25, 0.3) is 0 Å². The molecule has 0 radical (unpaired) electrons. The fraction of sp³-hybridized carbons (Fsp3) is 0.667. The van der Waals surface area contributed by atoms with E-state index in [1.807, 2.05) is 6.92 Å². The van der Waals surface area contributed by atoms with Gasteiger partial charge in [0.05, 0.1) is 24.6 Å². The molecule has 0 amide bonds. The number of ether oxygens (including phenoxy) is 1. The maximum absolute atomic E-state index is 12.8. The minimum Gasteiger partial charge on any atom is -0.386 e. The molecule has 0 saturated carbocycles. The number of aliphatic hydroxyl groups excluding tert-OH is 1. The standard InChI is InChI=1S/C15H23FN2O2/c1-11(8-18-6-5-12(9-18)10-20-2)15(19)14-4-3-13(16)7-17-14/h3-4,7,11-12,15,19H,5-6,8-10H2,1-2H3. The summed E-state index contributed by atoms with van der Waals surface area (Å²) in [7, 11) is 1.73. The minimum atomic E-state index is -0.655. The minimum absolute atomic E-state index is 0.0641. The number of aliphatic hydroxyl groups is 1. The van der Waals surface area contributed by atoms with Crippen LogP contribution in [0.5, 0.6) is 0 Å². The molecule has 1 fully saturated rings. The van der Waals surface area contributed by atoms with Gasteiger partial charge in [-0.15, -0.1) is 0 Å². The Morgan fingerprint density at radius 2 is 2.35 bits per heavy atom. The van der Waals surface area contributed by atoms with Crippen molar-refractivity contribution in [2.75, 3.05) is 33.4 Å². The number of hydrogen-bond donors (Lipinski definition) is 1. The van der Waals surface area contributed by atoms with Gasteiger partial charge in [0.2, 0.25) is 0 Å². The molecule has 0 aliphatic carbocycles. The van der Waals surface area contributed by atoms with Crippen molar-refractivity contribution in [1.82, 2.24) is 9.88 Å². The maximum Gasteiger partial charge on any atom is 0.141 e. The van der Waals surface area contributed by atoms with E-state index < -0.39 is 6.10 Å². The molecule has 1 saturated heterocycles. The highest BCUT2D eigenvalue weighted by atomic mass is 19.1. The fourth-order valence-electron chi connectivity index (χ4n) is 2.81. The van der Waals surface area contributed by atoms with E-state index in [-0.39, 0.29) is 11.7 Å². The van der Waals surface area contributed by atoms with E-state index >= 15 is 0 Å². The summed E-state index contributed by atoms with van der Waals surface area (Å²) in [6.07, 6.45) is 1.64. The van der Waals surface area contributed by atoms with Crippen molar-refractivity contribution >= 4 is 0 Å². The van der Waals surface area contributed by atoms with Crippen molar-refractivity contribution in [1.29, 1.82) is 0 Å². The van der Waals surface area contributed by atoms with Crippen molar-refractivity contribution in [2.24, 2.45) is 11.8 Å². The molecule has 3 atom stereocenters. The van der Waals surface area contributed by atoms with Crippen molar-refractivity contribution in [3.05, 3.63) is 29.8 Å². The Labute approximate surface area is 119 Å². The summed E-state index contributed by atoms with van der Waals surface area (Å²) in [6.45, 7) is 5.68. The number of hydrogen-bond acceptors (Lipinski definition) is 4. The zero-order valence-electron chi connectivity index (χ0n) is 12.1. The summed E-state index contributed by atoms with van der Waals surface area (Å²) in [6, 6.07) is 2.89. The molecule has 0 aromatic carbocycles. The number of aromatic nitrogens is 1. The third kappa shape index (κ3) is 3.98. The van der Waals surface area contributed by atoms with Crippen LogP contribution in [0.1, 0.15) is 25.1 Å². The van der Waals surface area contributed by atoms with Crippen molar-refractivity contribution in [3.8, 4) is 0 Å². The largest absolute Gasteiger partial charge is 0.386 e. The zero-order chi connectivity index (χ0) is 14.5. The molecule has 1 aliphatic heterocycles. The molecule has 0 bridgehead atoms. The summed E-state index contributed by atoms with van der Waals surface area (Å²) in [4.78, 5) is 6.30. The number of pyridine rings is 1. The summed E-state index contributed by atoms with van der Waals surface area (Å²) in [5.74, 6) is 0.276. The third-order valence-electron chi connectivity index (χ3n) is 3.91. The van der Waals surface area contributed by atoms with Crippen LogP contribution in [-0.4, -0.2) is 48.3 Å². The molecule has 1 aromatic rings. The maximum atomic E-state index is 12.8. The Kier molecular flexibility index (Phi) is 5.46. The summed E-state index contributed by atoms with van der Waals surface area (Å²) < 4.78 is 18.0. The van der Waals surface area contributed by atoms with Crippen molar-refractivity contribution in [2.45, 2.75) is 19.4 Å². The average Bonchev–Trinajstić information content (AvgIpc) is 2.86. The molecule has 2 rings (SSSR count). The van der Waals surface area contributed by atoms with Gasteiger partial charge in [0.25, 0.3) is 0 Å². The normalized spacial score (nSPS) is 22.9. The molecule has 1 aliphatic rings. The predicted octanol–water partition coefficient (Wildman–Crippen LogP) is 1.86. The van der Waals surface area contributed by atoms with Crippen LogP contribution in [0, 0.1) is 17.7 Å². The summed E-state index contributed by atoms with van der Waals surface area (Å²) in [5.41, 5.74) is 0.534. The Balaban J connectivity index is 1.85. The van der Waals surface area contributed by atoms with Gasteiger partial charge in [0, 0.05) is 26.1 Å². The Morgan fingerprint density at radius 1 is 1.55 bits per heavy atom. The fourth-order valence-corrected chi connectivity index (χ4v) is 2.81. The Morgan fingerprint density at radius 3 is 3.00 bits per heavy atom. The lowest BCUT2D eigenvalue weighted by atomic mass is 10.0. The van der Waals surface area contributed by atoms with Crippen LogP contribution in [0.2, 0.25) is 0 Å². The van der Waals surface area contributed by atoms with Gasteiger partial charge >= 0.3 is 0 Å². The third-order valence-corrected chi connectivity index (χ3v) is 3.91. The average molecular weight is 282 g/mol. The highest BCUT2D eigenvalue weighted by Gasteiger charge is 2.26. The number of rotatable bonds is 6. The first-order valence-electron chi connectivity index (χ1n) is 7.11. The second kappa shape index (κ2) is 7.11. The molecule has 2 heterocycles. The summed E-state index contributed by atoms with van der Waals surface area (Å²) >= 11 is 0. The first-order chi connectivity index (χ1) is 9.60. The van der Waals surface area contributed by atoms with Gasteiger partial charge in [-0.3, -0.25) is 4.98 Å². The lowest BCUT2D eigenvalue weighted by molar-refractivity contribution is 0.0876. The van der Waals surface area contributed by atoms with Gasteiger partial charge in [0.15, 0.2) is 0 Å². The molecule has 1 N–H and O–H groups in total. The molecule has 3 unspecified atom stereocenters. The lowest BCUT2D eigenvalue weighted by Crippen LogP contribution is -2.30. The SMILES string of the molecule is COCC1CCN(CC(C)C(O)c2ccc(F)cn2)C1. The van der Waals surface area contributed by atoms with Gasteiger partial charge in [-0.1, -0.05) is 6.92 Å². The van der Waals surface area contributed by atoms with Crippen LogP contribution < -0.4 is 0 Å². The van der Waals surface area contributed by atoms with Crippen LogP contribution >= 0.6 is 0 Å². The van der Waals surface area contributed by atoms with E-state index in [4.69, 9.17) is 4.74 Å². The van der Waals surface area contributed by atoms with Gasteiger partial charge < -0.3 is 14.7 Å². The van der Waals surface area contributed by atoms with Crippen LogP contribution in [-0.2, 0) is 4.74 Å². The predicted molar refractivity (Wildman–Crippen MR) is 74.7 cm³/mol. The molecule has 112 valence electrons. The van der Waals surface area contributed by atoms with Gasteiger partial charge in [-0.2, -0.15) is 0 Å². The lowest BCUT2D eigenvalue weighted by Gasteiger charge is -2.24. The van der Waals surface area contributed by atoms with E-state index in [1.54, 1.807) is 13.2 Å². The van der Waals surface area contributed by atoms with Crippen LogP contribution in [0.3, 0.4) is 0 Å². The second-order valence-electron chi connectivity index (χ2n) is 5.69. The summed E-state index contributed by atoms with van der Waals surface area (Å²) in [5, 5.41) is 10.3. The first kappa shape index (κ1) is 15.4. The van der Waals surface area contributed by atoms with E-state index in [9.17, 15) is 9.50 Å².